The summed E-state index contributed by atoms with van der Waals surface area (Å²) in [5.74, 6) is -1.46. The Bertz CT molecular complexity index is 383. The second-order valence-corrected chi connectivity index (χ2v) is 5.76. The number of nitrogens with one attached hydrogen (secondary N) is 1. The average molecular weight is 284 g/mol. The standard InChI is InChI=1S/C14H24N2O4/c1-9(14(19)20)5-4-6-10(2)15-13(18)11-7-12(17)16(3)8-11/h9-11H,4-8H2,1-3H3,(H,15,18)(H,19,20). The van der Waals surface area contributed by atoms with Gasteiger partial charge in [-0.2, -0.15) is 0 Å². The van der Waals surface area contributed by atoms with Gasteiger partial charge in [-0.25, -0.2) is 0 Å². The lowest BCUT2D eigenvalue weighted by Gasteiger charge is -2.17. The summed E-state index contributed by atoms with van der Waals surface area (Å²) in [6.45, 7) is 4.07. The van der Waals surface area contributed by atoms with Crippen molar-refractivity contribution in [1.82, 2.24) is 10.2 Å². The molecule has 3 unspecified atom stereocenters. The molecule has 2 amide bonds. The first-order chi connectivity index (χ1) is 9.31. The van der Waals surface area contributed by atoms with Crippen molar-refractivity contribution in [2.45, 2.75) is 45.6 Å². The highest BCUT2D eigenvalue weighted by Crippen LogP contribution is 2.16. The van der Waals surface area contributed by atoms with Gasteiger partial charge in [0.15, 0.2) is 0 Å². The molecule has 1 aliphatic rings. The van der Waals surface area contributed by atoms with E-state index in [1.165, 1.54) is 0 Å². The zero-order valence-electron chi connectivity index (χ0n) is 12.4. The van der Waals surface area contributed by atoms with Crippen LogP contribution in [0.2, 0.25) is 0 Å². The maximum Gasteiger partial charge on any atom is 0.306 e. The highest BCUT2D eigenvalue weighted by atomic mass is 16.4. The molecule has 1 fully saturated rings. The smallest absolute Gasteiger partial charge is 0.306 e. The van der Waals surface area contributed by atoms with E-state index < -0.39 is 5.97 Å². The van der Waals surface area contributed by atoms with Crippen LogP contribution in [0.3, 0.4) is 0 Å². The third-order valence-electron chi connectivity index (χ3n) is 3.80. The monoisotopic (exact) mass is 284 g/mol. The second-order valence-electron chi connectivity index (χ2n) is 5.76. The van der Waals surface area contributed by atoms with Crippen LogP contribution in [0, 0.1) is 11.8 Å². The predicted octanol–water partition coefficient (Wildman–Crippen LogP) is 0.860. The summed E-state index contributed by atoms with van der Waals surface area (Å²) >= 11 is 0. The zero-order chi connectivity index (χ0) is 15.3. The lowest BCUT2D eigenvalue weighted by Crippen LogP contribution is -2.38. The Labute approximate surface area is 119 Å². The van der Waals surface area contributed by atoms with Crippen molar-refractivity contribution in [1.29, 1.82) is 0 Å². The van der Waals surface area contributed by atoms with Crippen molar-refractivity contribution in [2.75, 3.05) is 13.6 Å². The summed E-state index contributed by atoms with van der Waals surface area (Å²) in [6, 6.07) is 0.00417. The Morgan fingerprint density at radius 1 is 1.40 bits per heavy atom. The highest BCUT2D eigenvalue weighted by molar-refractivity contribution is 5.89. The molecule has 0 radical (unpaired) electrons. The van der Waals surface area contributed by atoms with Crippen molar-refractivity contribution < 1.29 is 19.5 Å². The third-order valence-corrected chi connectivity index (χ3v) is 3.80. The van der Waals surface area contributed by atoms with E-state index in [0.29, 0.717) is 13.0 Å². The first-order valence-electron chi connectivity index (χ1n) is 7.08. The van der Waals surface area contributed by atoms with Crippen LogP contribution < -0.4 is 5.32 Å². The van der Waals surface area contributed by atoms with Crippen molar-refractivity contribution in [3.63, 3.8) is 0 Å². The first kappa shape index (κ1) is 16.5. The molecule has 20 heavy (non-hydrogen) atoms. The van der Waals surface area contributed by atoms with Crippen LogP contribution >= 0.6 is 0 Å². The highest BCUT2D eigenvalue weighted by Gasteiger charge is 2.32. The SMILES string of the molecule is CC(CCCC(C)C(=O)O)NC(=O)C1CC(=O)N(C)C1. The summed E-state index contributed by atoms with van der Waals surface area (Å²) in [5, 5.41) is 11.7. The van der Waals surface area contributed by atoms with E-state index in [4.69, 9.17) is 5.11 Å². The number of carboxylic acids is 1. The van der Waals surface area contributed by atoms with Gasteiger partial charge in [-0.15, -0.1) is 0 Å². The van der Waals surface area contributed by atoms with Gasteiger partial charge in [-0.3, -0.25) is 14.4 Å². The van der Waals surface area contributed by atoms with Gasteiger partial charge in [-0.1, -0.05) is 13.3 Å². The van der Waals surface area contributed by atoms with Gasteiger partial charge in [-0.05, 0) is 19.8 Å². The molecular weight excluding hydrogens is 260 g/mol. The van der Waals surface area contributed by atoms with E-state index in [1.54, 1.807) is 18.9 Å². The van der Waals surface area contributed by atoms with Crippen LogP contribution in [-0.2, 0) is 14.4 Å². The van der Waals surface area contributed by atoms with Crippen LogP contribution in [0.15, 0.2) is 0 Å². The molecule has 1 rings (SSSR count). The molecule has 1 aliphatic heterocycles. The van der Waals surface area contributed by atoms with Gasteiger partial charge in [0.1, 0.15) is 0 Å². The fraction of sp³-hybridized carbons (Fsp3) is 0.786. The number of carboxylic acid groups (broad SMARTS) is 1. The average Bonchev–Trinajstić information content (AvgIpc) is 2.69. The van der Waals surface area contributed by atoms with Crippen LogP contribution in [-0.4, -0.2) is 47.4 Å². The number of likely N-dealkylation sites (tertiary alicyclic amines) is 1. The predicted molar refractivity (Wildman–Crippen MR) is 74.0 cm³/mol. The van der Waals surface area contributed by atoms with Crippen LogP contribution in [0.25, 0.3) is 0 Å². The van der Waals surface area contributed by atoms with Gasteiger partial charge < -0.3 is 15.3 Å². The molecule has 6 nitrogen and oxygen atoms in total. The Kier molecular flexibility index (Phi) is 5.98. The van der Waals surface area contributed by atoms with Crippen LogP contribution in [0.1, 0.15) is 39.5 Å². The second kappa shape index (κ2) is 7.26. The maximum atomic E-state index is 12.0. The molecule has 0 bridgehead atoms. The number of hydrogen-bond donors (Lipinski definition) is 2. The van der Waals surface area contributed by atoms with Gasteiger partial charge in [0, 0.05) is 26.1 Å². The number of carbonyl (C=O) groups excluding carboxylic acids is 2. The van der Waals surface area contributed by atoms with E-state index in [1.807, 2.05) is 6.92 Å². The molecule has 0 aromatic carbocycles. The lowest BCUT2D eigenvalue weighted by molar-refractivity contribution is -0.141. The summed E-state index contributed by atoms with van der Waals surface area (Å²) in [6.07, 6.45) is 2.41. The van der Waals surface area contributed by atoms with Gasteiger partial charge in [0.2, 0.25) is 11.8 Å². The lowest BCUT2D eigenvalue weighted by atomic mass is 10.0. The summed E-state index contributed by atoms with van der Waals surface area (Å²) in [7, 11) is 1.70. The van der Waals surface area contributed by atoms with Crippen molar-refractivity contribution in [3.8, 4) is 0 Å². The minimum absolute atomic E-state index is 0.00417. The van der Waals surface area contributed by atoms with Crippen molar-refractivity contribution in [3.05, 3.63) is 0 Å². The molecule has 114 valence electrons. The van der Waals surface area contributed by atoms with E-state index >= 15 is 0 Å². The van der Waals surface area contributed by atoms with E-state index in [9.17, 15) is 14.4 Å². The molecule has 0 aromatic rings. The van der Waals surface area contributed by atoms with Crippen molar-refractivity contribution >= 4 is 17.8 Å². The van der Waals surface area contributed by atoms with Gasteiger partial charge >= 0.3 is 5.97 Å². The van der Waals surface area contributed by atoms with Gasteiger partial charge in [0.25, 0.3) is 0 Å². The topological polar surface area (TPSA) is 86.7 Å². The Morgan fingerprint density at radius 2 is 2.05 bits per heavy atom. The molecule has 0 saturated carbocycles. The minimum Gasteiger partial charge on any atom is -0.481 e. The summed E-state index contributed by atoms with van der Waals surface area (Å²) in [5.41, 5.74) is 0. The molecule has 0 aliphatic carbocycles. The van der Waals surface area contributed by atoms with E-state index in [-0.39, 0.29) is 36.1 Å². The Morgan fingerprint density at radius 3 is 2.55 bits per heavy atom. The summed E-state index contributed by atoms with van der Waals surface area (Å²) in [4.78, 5) is 35.6. The molecular formula is C14H24N2O4. The van der Waals surface area contributed by atoms with E-state index in [2.05, 4.69) is 5.32 Å². The number of aliphatic carboxylic acids is 1. The molecule has 6 heteroatoms. The molecule has 0 spiro atoms. The van der Waals surface area contributed by atoms with Crippen LogP contribution in [0.4, 0.5) is 0 Å². The summed E-state index contributed by atoms with van der Waals surface area (Å²) < 4.78 is 0. The Hall–Kier alpha value is -1.59. The molecule has 2 N–H and O–H groups in total. The molecule has 0 aromatic heterocycles. The number of rotatable bonds is 7. The maximum absolute atomic E-state index is 12.0. The zero-order valence-corrected chi connectivity index (χ0v) is 12.4. The minimum atomic E-state index is -0.783. The number of amides is 2. The Balaban J connectivity index is 2.25. The number of carbonyl (C=O) groups is 3. The normalized spacial score (nSPS) is 21.6. The largest absolute Gasteiger partial charge is 0.481 e. The van der Waals surface area contributed by atoms with E-state index in [0.717, 1.165) is 12.8 Å². The van der Waals surface area contributed by atoms with Crippen molar-refractivity contribution in [2.24, 2.45) is 11.8 Å². The van der Waals surface area contributed by atoms with Gasteiger partial charge in [0.05, 0.1) is 11.8 Å². The molecule has 1 saturated heterocycles. The quantitative estimate of drug-likeness (QED) is 0.726. The first-order valence-corrected chi connectivity index (χ1v) is 7.08. The number of hydrogen-bond acceptors (Lipinski definition) is 3. The fourth-order valence-corrected chi connectivity index (χ4v) is 2.33. The fourth-order valence-electron chi connectivity index (χ4n) is 2.33. The number of nitrogens with zero attached hydrogens (tertiary/aromatic N) is 1. The van der Waals surface area contributed by atoms with Crippen LogP contribution in [0.5, 0.6) is 0 Å². The molecule has 1 heterocycles. The third kappa shape index (κ3) is 4.83. The molecule has 3 atom stereocenters.